The summed E-state index contributed by atoms with van der Waals surface area (Å²) in [6.07, 6.45) is 2.25. The number of nitrogens with zero attached hydrogens (tertiary/aromatic N) is 2. The van der Waals surface area contributed by atoms with Crippen LogP contribution in [-0.2, 0) is 6.42 Å². The van der Waals surface area contributed by atoms with Gasteiger partial charge in [-0.25, -0.2) is 0 Å². The zero-order valence-corrected chi connectivity index (χ0v) is 12.7. The van der Waals surface area contributed by atoms with E-state index in [0.717, 1.165) is 11.4 Å². The second-order valence-electron chi connectivity index (χ2n) is 5.61. The van der Waals surface area contributed by atoms with Gasteiger partial charge in [-0.15, -0.1) is 11.8 Å². The summed E-state index contributed by atoms with van der Waals surface area (Å²) in [5.74, 6) is 1.19. The maximum atomic E-state index is 10.5. The number of fused-ring (bicyclic) bond motifs is 1. The van der Waals surface area contributed by atoms with Crippen molar-refractivity contribution in [2.24, 2.45) is 0 Å². The van der Waals surface area contributed by atoms with Crippen molar-refractivity contribution in [3.8, 4) is 0 Å². The van der Waals surface area contributed by atoms with Crippen LogP contribution < -0.4 is 0 Å². The van der Waals surface area contributed by atoms with Crippen molar-refractivity contribution >= 4 is 11.8 Å². The Kier molecular flexibility index (Phi) is 3.85. The minimum atomic E-state index is -0.360. The normalized spacial score (nSPS) is 19.3. The van der Waals surface area contributed by atoms with Crippen LogP contribution in [0.5, 0.6) is 0 Å². The van der Waals surface area contributed by atoms with Crippen molar-refractivity contribution in [2.45, 2.75) is 43.2 Å². The molecular weight excluding hydrogens is 268 g/mol. The fraction of sp³-hybridized carbons (Fsp3) is 0.438. The van der Waals surface area contributed by atoms with Crippen LogP contribution in [0.25, 0.3) is 0 Å². The monoisotopic (exact) mass is 288 g/mol. The number of benzene rings is 1. The zero-order chi connectivity index (χ0) is 14.1. The van der Waals surface area contributed by atoms with Crippen molar-refractivity contribution in [3.05, 3.63) is 47.8 Å². The van der Waals surface area contributed by atoms with E-state index in [2.05, 4.69) is 43.2 Å². The number of aliphatic hydroxyl groups excluding tert-OH is 1. The van der Waals surface area contributed by atoms with Gasteiger partial charge >= 0.3 is 0 Å². The molecule has 20 heavy (non-hydrogen) atoms. The van der Waals surface area contributed by atoms with Crippen molar-refractivity contribution in [3.63, 3.8) is 0 Å². The molecule has 3 nitrogen and oxygen atoms in total. The Morgan fingerprint density at radius 2 is 2.15 bits per heavy atom. The van der Waals surface area contributed by atoms with E-state index < -0.39 is 0 Å². The molecule has 1 aliphatic heterocycles. The highest BCUT2D eigenvalue weighted by molar-refractivity contribution is 7.99. The predicted octanol–water partition coefficient (Wildman–Crippen LogP) is 3.26. The Hall–Kier alpha value is -1.26. The average molecular weight is 288 g/mol. The third-order valence-electron chi connectivity index (χ3n) is 3.81. The number of hydrogen-bond acceptors (Lipinski definition) is 3. The summed E-state index contributed by atoms with van der Waals surface area (Å²) in [4.78, 5) is 1.31. The van der Waals surface area contributed by atoms with Gasteiger partial charge in [-0.3, -0.25) is 4.68 Å². The van der Waals surface area contributed by atoms with Gasteiger partial charge in [0.1, 0.15) is 0 Å². The van der Waals surface area contributed by atoms with Gasteiger partial charge in [0, 0.05) is 35.2 Å². The Morgan fingerprint density at radius 3 is 2.90 bits per heavy atom. The maximum Gasteiger partial charge on any atom is 0.0673 e. The van der Waals surface area contributed by atoms with E-state index in [0.29, 0.717) is 12.5 Å². The largest absolute Gasteiger partial charge is 0.392 e. The van der Waals surface area contributed by atoms with Gasteiger partial charge < -0.3 is 5.11 Å². The molecule has 0 spiro atoms. The predicted molar refractivity (Wildman–Crippen MR) is 82.2 cm³/mol. The lowest BCUT2D eigenvalue weighted by Crippen LogP contribution is -2.21. The molecule has 1 aliphatic rings. The van der Waals surface area contributed by atoms with Gasteiger partial charge in [-0.05, 0) is 31.5 Å². The van der Waals surface area contributed by atoms with Crippen LogP contribution >= 0.6 is 11.8 Å². The van der Waals surface area contributed by atoms with Crippen molar-refractivity contribution in [2.75, 3.05) is 5.75 Å². The SMILES string of the molecule is CC(C)n1ccc(CC(O)C2CSc3ccccc32)n1. The van der Waals surface area contributed by atoms with Crippen LogP contribution in [0.2, 0.25) is 0 Å². The summed E-state index contributed by atoms with van der Waals surface area (Å²) in [6.45, 7) is 4.22. The quantitative estimate of drug-likeness (QED) is 0.938. The molecule has 0 fully saturated rings. The number of aliphatic hydroxyl groups is 1. The molecule has 1 aromatic heterocycles. The smallest absolute Gasteiger partial charge is 0.0673 e. The van der Waals surface area contributed by atoms with Crippen molar-refractivity contribution in [1.82, 2.24) is 9.78 Å². The summed E-state index contributed by atoms with van der Waals surface area (Å²) in [5.41, 5.74) is 2.26. The molecule has 0 saturated heterocycles. The molecule has 2 aromatic rings. The van der Waals surface area contributed by atoms with E-state index in [1.165, 1.54) is 10.5 Å². The fourth-order valence-corrected chi connectivity index (χ4v) is 3.96. The number of rotatable bonds is 4. The summed E-state index contributed by atoms with van der Waals surface area (Å²) in [5, 5.41) is 15.1. The molecule has 2 unspecified atom stereocenters. The Bertz CT molecular complexity index is 594. The highest BCUT2D eigenvalue weighted by atomic mass is 32.2. The highest BCUT2D eigenvalue weighted by Gasteiger charge is 2.29. The first-order valence-electron chi connectivity index (χ1n) is 7.09. The average Bonchev–Trinajstić information content (AvgIpc) is 3.04. The lowest BCUT2D eigenvalue weighted by Gasteiger charge is -2.17. The first kappa shape index (κ1) is 13.7. The van der Waals surface area contributed by atoms with Crippen LogP contribution in [-0.4, -0.2) is 26.7 Å². The summed E-state index contributed by atoms with van der Waals surface area (Å²) < 4.78 is 1.94. The number of thioether (sulfide) groups is 1. The Morgan fingerprint density at radius 1 is 1.35 bits per heavy atom. The van der Waals surface area contributed by atoms with E-state index in [9.17, 15) is 5.11 Å². The van der Waals surface area contributed by atoms with E-state index >= 15 is 0 Å². The van der Waals surface area contributed by atoms with Crippen LogP contribution in [0.3, 0.4) is 0 Å². The topological polar surface area (TPSA) is 38.0 Å². The van der Waals surface area contributed by atoms with E-state index in [4.69, 9.17) is 0 Å². The standard InChI is InChI=1S/C16H20N2OS/c1-11(2)18-8-7-12(17-18)9-15(19)14-10-20-16-6-4-3-5-13(14)16/h3-8,11,14-15,19H,9-10H2,1-2H3. The second-order valence-corrected chi connectivity index (χ2v) is 6.67. The van der Waals surface area contributed by atoms with Gasteiger partial charge in [0.25, 0.3) is 0 Å². The zero-order valence-electron chi connectivity index (χ0n) is 11.9. The van der Waals surface area contributed by atoms with Gasteiger partial charge in [-0.2, -0.15) is 5.10 Å². The van der Waals surface area contributed by atoms with Crippen molar-refractivity contribution in [1.29, 1.82) is 0 Å². The van der Waals surface area contributed by atoms with Crippen LogP contribution in [0, 0.1) is 0 Å². The van der Waals surface area contributed by atoms with Crippen LogP contribution in [0.15, 0.2) is 41.4 Å². The Labute approximate surface area is 124 Å². The highest BCUT2D eigenvalue weighted by Crippen LogP contribution is 2.41. The fourth-order valence-electron chi connectivity index (χ4n) is 2.64. The molecule has 1 aromatic carbocycles. The van der Waals surface area contributed by atoms with Crippen molar-refractivity contribution < 1.29 is 5.11 Å². The summed E-state index contributed by atoms with van der Waals surface area (Å²) in [6, 6.07) is 10.8. The van der Waals surface area contributed by atoms with E-state index in [-0.39, 0.29) is 12.0 Å². The number of aromatic nitrogens is 2. The lowest BCUT2D eigenvalue weighted by molar-refractivity contribution is 0.150. The van der Waals surface area contributed by atoms with E-state index in [1.807, 2.05) is 28.7 Å². The second kappa shape index (κ2) is 5.62. The molecular formula is C16H20N2OS. The van der Waals surface area contributed by atoms with Crippen LogP contribution in [0.1, 0.15) is 37.1 Å². The van der Waals surface area contributed by atoms with Gasteiger partial charge in [0.05, 0.1) is 11.8 Å². The molecule has 0 bridgehead atoms. The summed E-state index contributed by atoms with van der Waals surface area (Å²) in [7, 11) is 0. The minimum Gasteiger partial charge on any atom is -0.392 e. The molecule has 4 heteroatoms. The van der Waals surface area contributed by atoms with Crippen LogP contribution in [0.4, 0.5) is 0 Å². The first-order valence-corrected chi connectivity index (χ1v) is 8.07. The molecule has 2 heterocycles. The molecule has 0 amide bonds. The third kappa shape index (κ3) is 2.63. The first-order chi connectivity index (χ1) is 9.65. The van der Waals surface area contributed by atoms with Gasteiger partial charge in [0.2, 0.25) is 0 Å². The minimum absolute atomic E-state index is 0.223. The van der Waals surface area contributed by atoms with E-state index in [1.54, 1.807) is 0 Å². The molecule has 0 radical (unpaired) electrons. The molecule has 106 valence electrons. The molecule has 1 N–H and O–H groups in total. The Balaban J connectivity index is 1.72. The molecule has 3 rings (SSSR count). The molecule has 0 saturated carbocycles. The van der Waals surface area contributed by atoms with Gasteiger partial charge in [-0.1, -0.05) is 18.2 Å². The maximum absolute atomic E-state index is 10.5. The molecule has 0 aliphatic carbocycles. The molecule has 2 atom stereocenters. The van der Waals surface area contributed by atoms with Gasteiger partial charge in [0.15, 0.2) is 0 Å². The number of hydrogen-bond donors (Lipinski definition) is 1. The lowest BCUT2D eigenvalue weighted by atomic mass is 9.93. The third-order valence-corrected chi connectivity index (χ3v) is 5.02. The summed E-state index contributed by atoms with van der Waals surface area (Å²) >= 11 is 1.84.